The van der Waals surface area contributed by atoms with Crippen LogP contribution in [0.5, 0.6) is 0 Å². The van der Waals surface area contributed by atoms with E-state index >= 15 is 0 Å². The minimum Gasteiger partial charge on any atom is -0.385 e. The van der Waals surface area contributed by atoms with E-state index in [1.54, 1.807) is 60.7 Å². The van der Waals surface area contributed by atoms with E-state index in [0.717, 1.165) is 10.8 Å². The van der Waals surface area contributed by atoms with E-state index in [4.69, 9.17) is 11.5 Å². The molecule has 41 heavy (non-hydrogen) atoms. The summed E-state index contributed by atoms with van der Waals surface area (Å²) in [6.07, 6.45) is -3.35. The molecule has 10 nitrogen and oxygen atoms in total. The summed E-state index contributed by atoms with van der Waals surface area (Å²) in [5, 5.41) is 34.2. The molecule has 0 bridgehead atoms. The summed E-state index contributed by atoms with van der Waals surface area (Å²) in [6, 6.07) is 26.4. The lowest BCUT2D eigenvalue weighted by atomic mass is 9.96. The number of nitrogens with two attached hydrogens (primary N) is 2. The number of hydrogen-bond acceptors (Lipinski definition) is 7. The Morgan fingerprint density at radius 3 is 2.27 bits per heavy atom. The number of guanidine groups is 1. The first-order valence-corrected chi connectivity index (χ1v) is 14.2. The summed E-state index contributed by atoms with van der Waals surface area (Å²) < 4.78 is 30.0. The number of sulfonamides is 1. The fourth-order valence-corrected chi connectivity index (χ4v) is 6.05. The van der Waals surface area contributed by atoms with Crippen molar-refractivity contribution in [2.45, 2.75) is 29.8 Å². The molecule has 0 spiro atoms. The number of fused-ring (bicyclic) bond motifs is 2. The van der Waals surface area contributed by atoms with Gasteiger partial charge in [0, 0.05) is 5.39 Å². The summed E-state index contributed by atoms with van der Waals surface area (Å²) in [7, 11) is -4.14. The van der Waals surface area contributed by atoms with Crippen LogP contribution in [-0.4, -0.2) is 40.7 Å². The zero-order valence-corrected chi connectivity index (χ0v) is 22.6. The van der Waals surface area contributed by atoms with Crippen molar-refractivity contribution in [1.82, 2.24) is 9.71 Å². The van der Waals surface area contributed by atoms with Crippen LogP contribution in [0.15, 0.2) is 107 Å². The van der Waals surface area contributed by atoms with Gasteiger partial charge in [0.1, 0.15) is 6.10 Å². The summed E-state index contributed by atoms with van der Waals surface area (Å²) in [6.45, 7) is 0. The van der Waals surface area contributed by atoms with E-state index in [2.05, 4.69) is 14.7 Å². The van der Waals surface area contributed by atoms with Crippen LogP contribution in [0, 0.1) is 0 Å². The van der Waals surface area contributed by atoms with Crippen LogP contribution in [0.25, 0.3) is 21.5 Å². The number of pyridine rings is 1. The molecule has 5 rings (SSSR count). The SMILES string of the molecule is NC(N)=Nc1cccc(C[C@H](NS(=O)(=O)c2ccc3ccccc3c2)C(O)c2nc(C(O)O)cc3ccccc23)c1. The Bertz CT molecular complexity index is 1860. The monoisotopic (exact) mass is 571 g/mol. The molecule has 5 aromatic rings. The van der Waals surface area contributed by atoms with Crippen molar-refractivity contribution in [3.05, 3.63) is 114 Å². The second-order valence-corrected chi connectivity index (χ2v) is 11.3. The average Bonchev–Trinajstić information content (AvgIpc) is 2.95. The number of aromatic nitrogens is 1. The average molecular weight is 572 g/mol. The van der Waals surface area contributed by atoms with Crippen LogP contribution in [0.4, 0.5) is 5.69 Å². The van der Waals surface area contributed by atoms with Gasteiger partial charge in [-0.1, -0.05) is 66.7 Å². The van der Waals surface area contributed by atoms with E-state index in [1.165, 1.54) is 12.1 Å². The van der Waals surface area contributed by atoms with Gasteiger partial charge in [0.2, 0.25) is 10.0 Å². The highest BCUT2D eigenvalue weighted by Crippen LogP contribution is 2.30. The first-order valence-electron chi connectivity index (χ1n) is 12.7. The standard InChI is InChI=1S/C30H29N5O5S/c31-30(32)33-22-10-5-6-18(14-22)15-25(35-41(39,40)23-13-12-19-7-1-2-8-20(19)16-23)28(36)27-24-11-4-3-9-21(24)17-26(34-27)29(37)38/h1-14,16-17,25,28-29,35-38H,15H2,(H4,31,32,33)/t25-,28?/m0/s1. The van der Waals surface area contributed by atoms with Crippen molar-refractivity contribution in [3.8, 4) is 0 Å². The number of aliphatic hydroxyl groups excluding tert-OH is 2. The van der Waals surface area contributed by atoms with Crippen molar-refractivity contribution in [2.75, 3.05) is 0 Å². The lowest BCUT2D eigenvalue weighted by Crippen LogP contribution is -2.41. The van der Waals surface area contributed by atoms with Gasteiger partial charge in [-0.3, -0.25) is 0 Å². The molecule has 1 aromatic heterocycles. The molecule has 0 saturated carbocycles. The molecule has 0 aliphatic rings. The quantitative estimate of drug-likeness (QED) is 0.0886. The van der Waals surface area contributed by atoms with Crippen molar-refractivity contribution in [1.29, 1.82) is 0 Å². The lowest BCUT2D eigenvalue weighted by Gasteiger charge is -2.26. The van der Waals surface area contributed by atoms with Crippen molar-refractivity contribution < 1.29 is 23.7 Å². The van der Waals surface area contributed by atoms with E-state index in [0.29, 0.717) is 22.0 Å². The zero-order valence-electron chi connectivity index (χ0n) is 21.8. The summed E-state index contributed by atoms with van der Waals surface area (Å²) in [5.74, 6) is -0.134. The van der Waals surface area contributed by atoms with Gasteiger partial charge in [-0.25, -0.2) is 23.1 Å². The van der Waals surface area contributed by atoms with Crippen LogP contribution in [0.1, 0.15) is 29.3 Å². The van der Waals surface area contributed by atoms with Gasteiger partial charge in [-0.05, 0) is 58.5 Å². The molecular weight excluding hydrogens is 542 g/mol. The largest absolute Gasteiger partial charge is 0.385 e. The molecule has 0 aliphatic carbocycles. The Balaban J connectivity index is 1.59. The van der Waals surface area contributed by atoms with E-state index in [1.807, 2.05) is 24.3 Å². The molecule has 0 radical (unpaired) electrons. The maximum absolute atomic E-state index is 13.7. The molecular formula is C30H29N5O5S. The number of hydrogen-bond donors (Lipinski definition) is 6. The van der Waals surface area contributed by atoms with E-state index in [-0.39, 0.29) is 28.7 Å². The Hall–Kier alpha value is -4.39. The second-order valence-electron chi connectivity index (χ2n) is 9.62. The molecule has 0 saturated heterocycles. The molecule has 210 valence electrons. The normalized spacial score (nSPS) is 13.4. The molecule has 11 heteroatoms. The highest BCUT2D eigenvalue weighted by molar-refractivity contribution is 7.89. The zero-order chi connectivity index (χ0) is 29.1. The third-order valence-corrected chi connectivity index (χ3v) is 8.17. The number of aliphatic hydroxyl groups is 3. The molecule has 2 atom stereocenters. The van der Waals surface area contributed by atoms with Crippen LogP contribution in [0.2, 0.25) is 0 Å². The molecule has 4 aromatic carbocycles. The molecule has 0 aliphatic heterocycles. The highest BCUT2D eigenvalue weighted by Gasteiger charge is 2.30. The van der Waals surface area contributed by atoms with Gasteiger partial charge >= 0.3 is 0 Å². The maximum Gasteiger partial charge on any atom is 0.240 e. The van der Waals surface area contributed by atoms with Gasteiger partial charge in [-0.15, -0.1) is 0 Å². The van der Waals surface area contributed by atoms with Gasteiger partial charge in [0.05, 0.1) is 28.0 Å². The van der Waals surface area contributed by atoms with Crippen molar-refractivity contribution in [3.63, 3.8) is 0 Å². The third kappa shape index (κ3) is 6.35. The number of nitrogens with one attached hydrogen (secondary N) is 1. The molecule has 0 fully saturated rings. The third-order valence-electron chi connectivity index (χ3n) is 6.68. The Labute approximate surface area is 236 Å². The Morgan fingerprint density at radius 2 is 1.54 bits per heavy atom. The van der Waals surface area contributed by atoms with Crippen LogP contribution in [0.3, 0.4) is 0 Å². The topological polar surface area (TPSA) is 184 Å². The fraction of sp³-hybridized carbons (Fsp3) is 0.133. The second kappa shape index (κ2) is 11.6. The molecule has 8 N–H and O–H groups in total. The number of rotatable bonds is 9. The predicted molar refractivity (Wildman–Crippen MR) is 158 cm³/mol. The van der Waals surface area contributed by atoms with Crippen LogP contribution in [-0.2, 0) is 16.4 Å². The van der Waals surface area contributed by atoms with E-state index in [9.17, 15) is 23.7 Å². The minimum absolute atomic E-state index is 0.0278. The number of benzene rings is 4. The summed E-state index contributed by atoms with van der Waals surface area (Å²) >= 11 is 0. The smallest absolute Gasteiger partial charge is 0.240 e. The van der Waals surface area contributed by atoms with Crippen molar-refractivity contribution in [2.24, 2.45) is 16.5 Å². The first-order chi connectivity index (χ1) is 19.6. The van der Waals surface area contributed by atoms with Crippen molar-refractivity contribution >= 4 is 43.2 Å². The summed E-state index contributed by atoms with van der Waals surface area (Å²) in [5.41, 5.74) is 12.2. The first kappa shape index (κ1) is 28.1. The minimum atomic E-state index is -4.14. The van der Waals surface area contributed by atoms with Gasteiger partial charge in [-0.2, -0.15) is 0 Å². The fourth-order valence-electron chi connectivity index (χ4n) is 4.77. The number of aliphatic imine (C=N–C) groups is 1. The molecule has 1 unspecified atom stereocenters. The van der Waals surface area contributed by atoms with Crippen LogP contribution < -0.4 is 16.2 Å². The highest BCUT2D eigenvalue weighted by atomic mass is 32.2. The number of nitrogens with zero attached hydrogens (tertiary/aromatic N) is 2. The predicted octanol–water partition coefficient (Wildman–Crippen LogP) is 2.90. The summed E-state index contributed by atoms with van der Waals surface area (Å²) in [4.78, 5) is 8.41. The van der Waals surface area contributed by atoms with Gasteiger partial charge in [0.15, 0.2) is 12.2 Å². The maximum atomic E-state index is 13.7. The van der Waals surface area contributed by atoms with Gasteiger partial charge in [0.25, 0.3) is 0 Å². The lowest BCUT2D eigenvalue weighted by molar-refractivity contribution is -0.0461. The van der Waals surface area contributed by atoms with E-state index < -0.39 is 28.5 Å². The molecule has 0 amide bonds. The molecule has 1 heterocycles. The Kier molecular flexibility index (Phi) is 7.97. The van der Waals surface area contributed by atoms with Gasteiger partial charge < -0.3 is 26.8 Å². The Morgan fingerprint density at radius 1 is 0.829 bits per heavy atom. The van der Waals surface area contributed by atoms with Crippen LogP contribution >= 0.6 is 0 Å².